The predicted octanol–water partition coefficient (Wildman–Crippen LogP) is 5.83. The maximum absolute atomic E-state index is 13.4. The highest BCUT2D eigenvalue weighted by molar-refractivity contribution is 5.95. The summed E-state index contributed by atoms with van der Waals surface area (Å²) in [6, 6.07) is 27.9. The van der Waals surface area contributed by atoms with Crippen LogP contribution in [-0.2, 0) is 22.6 Å². The molecule has 3 aromatic rings. The van der Waals surface area contributed by atoms with E-state index in [1.54, 1.807) is 0 Å². The Morgan fingerprint density at radius 3 is 2.21 bits per heavy atom. The molecule has 0 unspecified atom stereocenters. The number of hydrogen-bond acceptors (Lipinski definition) is 2. The SMILES string of the molecule is C[C@H](NC(=O)Cc1cccc(N(Cc2ccccc2)C(=O)C2CCCC2)c1)c1ccccc1. The molecular formula is C29H32N2O2. The van der Waals surface area contributed by atoms with E-state index in [0.717, 1.165) is 48.1 Å². The molecule has 2 amide bonds. The molecule has 0 saturated heterocycles. The van der Waals surface area contributed by atoms with Crippen molar-refractivity contribution in [1.82, 2.24) is 5.32 Å². The lowest BCUT2D eigenvalue weighted by atomic mass is 10.0. The third-order valence-electron chi connectivity index (χ3n) is 6.42. The van der Waals surface area contributed by atoms with E-state index in [1.807, 2.05) is 84.6 Å². The fourth-order valence-corrected chi connectivity index (χ4v) is 4.59. The van der Waals surface area contributed by atoms with Crippen LogP contribution in [-0.4, -0.2) is 11.8 Å². The van der Waals surface area contributed by atoms with Gasteiger partial charge in [0.05, 0.1) is 19.0 Å². The molecule has 1 aliphatic carbocycles. The zero-order valence-electron chi connectivity index (χ0n) is 19.2. The van der Waals surface area contributed by atoms with Crippen molar-refractivity contribution in [2.45, 2.75) is 51.6 Å². The van der Waals surface area contributed by atoms with Crippen LogP contribution in [0.1, 0.15) is 55.3 Å². The van der Waals surface area contributed by atoms with Crippen molar-refractivity contribution in [2.75, 3.05) is 4.90 Å². The third kappa shape index (κ3) is 6.10. The molecule has 4 nitrogen and oxygen atoms in total. The first-order valence-electron chi connectivity index (χ1n) is 11.9. The molecule has 0 aromatic heterocycles. The monoisotopic (exact) mass is 440 g/mol. The highest BCUT2D eigenvalue weighted by atomic mass is 16.2. The maximum atomic E-state index is 13.4. The van der Waals surface area contributed by atoms with Gasteiger partial charge in [0, 0.05) is 11.6 Å². The quantitative estimate of drug-likeness (QED) is 0.479. The lowest BCUT2D eigenvalue weighted by Crippen LogP contribution is -2.35. The highest BCUT2D eigenvalue weighted by Crippen LogP contribution is 2.30. The number of rotatable bonds is 8. The number of benzene rings is 3. The van der Waals surface area contributed by atoms with E-state index in [4.69, 9.17) is 0 Å². The molecule has 170 valence electrons. The van der Waals surface area contributed by atoms with Gasteiger partial charge in [0.2, 0.25) is 11.8 Å². The number of carbonyl (C=O) groups excluding carboxylic acids is 2. The minimum absolute atomic E-state index is 0.0276. The summed E-state index contributed by atoms with van der Waals surface area (Å²) in [6.07, 6.45) is 4.44. The molecule has 1 atom stereocenters. The number of carbonyl (C=O) groups is 2. The Bertz CT molecular complexity index is 1060. The zero-order chi connectivity index (χ0) is 23.0. The van der Waals surface area contributed by atoms with E-state index in [0.29, 0.717) is 6.54 Å². The Labute approximate surface area is 196 Å². The molecule has 4 heteroatoms. The molecule has 1 saturated carbocycles. The van der Waals surface area contributed by atoms with Gasteiger partial charge in [0.25, 0.3) is 0 Å². The van der Waals surface area contributed by atoms with E-state index in [2.05, 4.69) is 17.4 Å². The normalized spacial score (nSPS) is 14.6. The Morgan fingerprint density at radius 2 is 1.52 bits per heavy atom. The van der Waals surface area contributed by atoms with Crippen LogP contribution in [0.25, 0.3) is 0 Å². The molecule has 0 aliphatic heterocycles. The van der Waals surface area contributed by atoms with E-state index in [1.165, 1.54) is 0 Å². The molecule has 33 heavy (non-hydrogen) atoms. The molecule has 1 fully saturated rings. The van der Waals surface area contributed by atoms with Crippen molar-refractivity contribution in [3.8, 4) is 0 Å². The van der Waals surface area contributed by atoms with Crippen LogP contribution in [0.5, 0.6) is 0 Å². The van der Waals surface area contributed by atoms with Gasteiger partial charge < -0.3 is 10.2 Å². The Kier molecular flexibility index (Phi) is 7.56. The average Bonchev–Trinajstić information content (AvgIpc) is 3.38. The average molecular weight is 441 g/mol. The topological polar surface area (TPSA) is 49.4 Å². The molecule has 1 N–H and O–H groups in total. The van der Waals surface area contributed by atoms with E-state index in [9.17, 15) is 9.59 Å². The lowest BCUT2D eigenvalue weighted by Gasteiger charge is -2.26. The second-order valence-corrected chi connectivity index (χ2v) is 8.94. The van der Waals surface area contributed by atoms with E-state index < -0.39 is 0 Å². The van der Waals surface area contributed by atoms with Gasteiger partial charge in [-0.3, -0.25) is 9.59 Å². The molecule has 0 bridgehead atoms. The summed E-state index contributed by atoms with van der Waals surface area (Å²) >= 11 is 0. The van der Waals surface area contributed by atoms with Crippen molar-refractivity contribution < 1.29 is 9.59 Å². The van der Waals surface area contributed by atoms with Crippen LogP contribution < -0.4 is 10.2 Å². The third-order valence-corrected chi connectivity index (χ3v) is 6.42. The largest absolute Gasteiger partial charge is 0.349 e. The molecule has 0 heterocycles. The van der Waals surface area contributed by atoms with Crippen LogP contribution >= 0.6 is 0 Å². The smallest absolute Gasteiger partial charge is 0.230 e. The van der Waals surface area contributed by atoms with Crippen LogP contribution in [0.4, 0.5) is 5.69 Å². The van der Waals surface area contributed by atoms with Gasteiger partial charge in [-0.05, 0) is 48.6 Å². The first-order chi connectivity index (χ1) is 16.1. The standard InChI is InChI=1S/C29H32N2O2/c1-22(25-14-6-3-7-15-25)30-28(32)20-24-13-10-18-27(19-24)31(21-23-11-4-2-5-12-23)29(33)26-16-8-9-17-26/h2-7,10-15,18-19,22,26H,8-9,16-17,20-21H2,1H3,(H,30,32)/t22-/m0/s1. The van der Waals surface area contributed by atoms with Gasteiger partial charge >= 0.3 is 0 Å². The van der Waals surface area contributed by atoms with Gasteiger partial charge in [-0.1, -0.05) is 85.6 Å². The number of nitrogens with zero attached hydrogens (tertiary/aromatic N) is 1. The number of hydrogen-bond donors (Lipinski definition) is 1. The second-order valence-electron chi connectivity index (χ2n) is 8.94. The van der Waals surface area contributed by atoms with Gasteiger partial charge in [-0.15, -0.1) is 0 Å². The van der Waals surface area contributed by atoms with Crippen molar-refractivity contribution in [1.29, 1.82) is 0 Å². The van der Waals surface area contributed by atoms with Gasteiger partial charge in [0.1, 0.15) is 0 Å². The molecule has 0 spiro atoms. The summed E-state index contributed by atoms with van der Waals surface area (Å²) in [5, 5.41) is 3.08. The summed E-state index contributed by atoms with van der Waals surface area (Å²) < 4.78 is 0. The zero-order valence-corrected chi connectivity index (χ0v) is 19.2. The van der Waals surface area contributed by atoms with E-state index >= 15 is 0 Å². The summed E-state index contributed by atoms with van der Waals surface area (Å²) in [5.74, 6) is 0.253. The van der Waals surface area contributed by atoms with Crippen molar-refractivity contribution in [3.63, 3.8) is 0 Å². The number of amides is 2. The molecule has 0 radical (unpaired) electrons. The van der Waals surface area contributed by atoms with Gasteiger partial charge in [-0.25, -0.2) is 0 Å². The number of nitrogens with one attached hydrogen (secondary N) is 1. The first kappa shape index (κ1) is 22.8. The lowest BCUT2D eigenvalue weighted by molar-refractivity contribution is -0.122. The van der Waals surface area contributed by atoms with Crippen LogP contribution in [0.15, 0.2) is 84.9 Å². The minimum atomic E-state index is -0.0552. The Balaban J connectivity index is 1.49. The minimum Gasteiger partial charge on any atom is -0.349 e. The number of anilines is 1. The Hall–Kier alpha value is -3.40. The van der Waals surface area contributed by atoms with Crippen molar-refractivity contribution in [3.05, 3.63) is 102 Å². The van der Waals surface area contributed by atoms with E-state index in [-0.39, 0.29) is 30.2 Å². The molecular weight excluding hydrogens is 408 g/mol. The second kappa shape index (κ2) is 11.0. The van der Waals surface area contributed by atoms with Crippen LogP contribution in [0.3, 0.4) is 0 Å². The highest BCUT2D eigenvalue weighted by Gasteiger charge is 2.28. The maximum Gasteiger partial charge on any atom is 0.230 e. The van der Waals surface area contributed by atoms with Gasteiger partial charge in [0.15, 0.2) is 0 Å². The van der Waals surface area contributed by atoms with Crippen molar-refractivity contribution in [2.24, 2.45) is 5.92 Å². The first-order valence-corrected chi connectivity index (χ1v) is 11.9. The van der Waals surface area contributed by atoms with Gasteiger partial charge in [-0.2, -0.15) is 0 Å². The fourth-order valence-electron chi connectivity index (χ4n) is 4.59. The van der Waals surface area contributed by atoms with Crippen LogP contribution in [0.2, 0.25) is 0 Å². The summed E-state index contributed by atoms with van der Waals surface area (Å²) in [7, 11) is 0. The molecule has 3 aromatic carbocycles. The predicted molar refractivity (Wildman–Crippen MR) is 133 cm³/mol. The van der Waals surface area contributed by atoms with Crippen molar-refractivity contribution >= 4 is 17.5 Å². The summed E-state index contributed by atoms with van der Waals surface area (Å²) in [5.41, 5.74) is 3.94. The summed E-state index contributed by atoms with van der Waals surface area (Å²) in [4.78, 5) is 28.1. The fraction of sp³-hybridized carbons (Fsp3) is 0.310. The molecule has 1 aliphatic rings. The summed E-state index contributed by atoms with van der Waals surface area (Å²) in [6.45, 7) is 2.53. The Morgan fingerprint density at radius 1 is 0.879 bits per heavy atom. The van der Waals surface area contributed by atoms with Crippen LogP contribution in [0, 0.1) is 5.92 Å². The molecule has 4 rings (SSSR count).